The van der Waals surface area contributed by atoms with Crippen LogP contribution in [-0.2, 0) is 86.5 Å². The summed E-state index contributed by atoms with van der Waals surface area (Å²) in [4.78, 5) is 9.55. The molecular formula is C40H24N4OPtY2-2. The van der Waals surface area contributed by atoms with E-state index in [1.165, 1.54) is 0 Å². The van der Waals surface area contributed by atoms with Crippen molar-refractivity contribution in [3.8, 4) is 28.6 Å². The van der Waals surface area contributed by atoms with Gasteiger partial charge in [-0.2, -0.15) is 49.2 Å². The molecule has 5 aromatic carbocycles. The summed E-state index contributed by atoms with van der Waals surface area (Å²) in [5.74, 6) is 2.00. The first-order valence-electron chi connectivity index (χ1n) is 14.7. The second-order valence-corrected chi connectivity index (χ2v) is 11.1. The molecule has 228 valence electrons. The minimum atomic E-state index is 0. The maximum atomic E-state index is 6.47. The zero-order valence-electron chi connectivity index (χ0n) is 25.6. The van der Waals surface area contributed by atoms with Gasteiger partial charge in [0.05, 0.1) is 5.65 Å². The molecule has 0 atom stereocenters. The number of imidazole rings is 1. The van der Waals surface area contributed by atoms with Crippen LogP contribution in [0.2, 0.25) is 0 Å². The number of nitrogens with zero attached hydrogens (tertiary/aromatic N) is 4. The Kier molecular flexibility index (Phi) is 10.0. The Morgan fingerprint density at radius 2 is 1.25 bits per heavy atom. The molecule has 9 aromatic rings. The largest absolute Gasteiger partial charge is 2.00 e. The van der Waals surface area contributed by atoms with Crippen LogP contribution in [0.15, 0.2) is 122 Å². The van der Waals surface area contributed by atoms with Crippen LogP contribution in [0.4, 0.5) is 0 Å². The van der Waals surface area contributed by atoms with Gasteiger partial charge in [-0.25, -0.2) is 4.98 Å². The number of fused-ring (bicyclic) bond motifs is 9. The van der Waals surface area contributed by atoms with E-state index in [1.807, 2.05) is 60.8 Å². The van der Waals surface area contributed by atoms with E-state index in [0.717, 1.165) is 77.3 Å². The molecule has 9 rings (SSSR count). The Balaban J connectivity index is 0.00000134. The normalized spacial score (nSPS) is 11.0. The number of pyridine rings is 2. The Morgan fingerprint density at radius 3 is 1.98 bits per heavy atom. The van der Waals surface area contributed by atoms with Crippen molar-refractivity contribution in [2.45, 2.75) is 0 Å². The van der Waals surface area contributed by atoms with E-state index in [1.54, 1.807) is 6.20 Å². The van der Waals surface area contributed by atoms with Crippen molar-refractivity contribution in [1.82, 2.24) is 18.9 Å². The van der Waals surface area contributed by atoms with Crippen LogP contribution in [0, 0.1) is 26.0 Å². The molecule has 4 aromatic heterocycles. The molecule has 5 nitrogen and oxygen atoms in total. The van der Waals surface area contributed by atoms with Gasteiger partial charge in [-0.15, -0.1) is 35.2 Å². The average molecular weight is 950 g/mol. The Hall–Kier alpha value is -3.30. The first kappa shape index (κ1) is 34.6. The zero-order chi connectivity index (χ0) is 30.1. The van der Waals surface area contributed by atoms with Crippen molar-refractivity contribution in [3.05, 3.63) is 159 Å². The van der Waals surface area contributed by atoms with Crippen LogP contribution >= 0.6 is 0 Å². The Labute approximate surface area is 342 Å². The van der Waals surface area contributed by atoms with Crippen LogP contribution in [0.25, 0.3) is 66.2 Å². The molecule has 0 amide bonds. The van der Waals surface area contributed by atoms with E-state index in [-0.39, 0.29) is 86.5 Å². The summed E-state index contributed by atoms with van der Waals surface area (Å²) in [5, 5.41) is 5.24. The third-order valence-electron chi connectivity index (χ3n) is 8.49. The molecular weight excluding hydrogens is 925 g/mol. The van der Waals surface area contributed by atoms with Crippen molar-refractivity contribution in [1.29, 1.82) is 0 Å². The monoisotopic (exact) mass is 949 g/mol. The van der Waals surface area contributed by atoms with Gasteiger partial charge < -0.3 is 13.7 Å². The minimum absolute atomic E-state index is 0. The van der Waals surface area contributed by atoms with Crippen molar-refractivity contribution in [2.75, 3.05) is 0 Å². The number of ether oxygens (including phenoxy) is 1. The second kappa shape index (κ2) is 13.9. The maximum Gasteiger partial charge on any atom is 2.00 e. The summed E-state index contributed by atoms with van der Waals surface area (Å²) in [6.45, 7) is 8.58. The van der Waals surface area contributed by atoms with Gasteiger partial charge >= 0.3 is 21.1 Å². The van der Waals surface area contributed by atoms with Crippen molar-refractivity contribution >= 4 is 49.1 Å². The molecule has 0 aliphatic carbocycles. The van der Waals surface area contributed by atoms with Gasteiger partial charge in [0.1, 0.15) is 5.82 Å². The molecule has 8 heteroatoms. The summed E-state index contributed by atoms with van der Waals surface area (Å²) in [5.41, 5.74) is 7.55. The van der Waals surface area contributed by atoms with Crippen LogP contribution in [0.3, 0.4) is 0 Å². The van der Waals surface area contributed by atoms with Crippen LogP contribution in [0.5, 0.6) is 11.5 Å². The van der Waals surface area contributed by atoms with Gasteiger partial charge in [-0.1, -0.05) is 64.8 Å². The van der Waals surface area contributed by atoms with Crippen molar-refractivity contribution < 1.29 is 91.2 Å². The fraction of sp³-hybridized carbons (Fsp3) is 0. The molecule has 0 unspecified atom stereocenters. The number of hydrogen-bond donors (Lipinski definition) is 0. The van der Waals surface area contributed by atoms with Crippen LogP contribution in [0.1, 0.15) is 11.1 Å². The summed E-state index contributed by atoms with van der Waals surface area (Å²) in [7, 11) is 0. The van der Waals surface area contributed by atoms with Crippen molar-refractivity contribution in [3.63, 3.8) is 0 Å². The first-order chi connectivity index (χ1) is 22.2. The number of rotatable bonds is 4. The molecule has 0 fully saturated rings. The molecule has 2 radical (unpaired) electrons. The Morgan fingerprint density at radius 1 is 0.604 bits per heavy atom. The summed E-state index contributed by atoms with van der Waals surface area (Å²) in [6, 6.07) is 43.8. The number of benzene rings is 5. The van der Waals surface area contributed by atoms with E-state index in [2.05, 4.69) is 94.5 Å². The van der Waals surface area contributed by atoms with E-state index < -0.39 is 0 Å². The summed E-state index contributed by atoms with van der Waals surface area (Å²) >= 11 is 0. The third kappa shape index (κ3) is 5.55. The van der Waals surface area contributed by atoms with Gasteiger partial charge in [0.25, 0.3) is 0 Å². The number of hydrogen-bond acceptors (Lipinski definition) is 3. The third-order valence-corrected chi connectivity index (χ3v) is 8.49. The molecule has 0 N–H and O–H groups in total. The quantitative estimate of drug-likeness (QED) is 0.131. The number of aromatic nitrogens is 4. The van der Waals surface area contributed by atoms with Gasteiger partial charge in [0, 0.05) is 106 Å². The topological polar surface area (TPSA) is 44.3 Å². The first-order valence-corrected chi connectivity index (χ1v) is 14.7. The molecule has 0 aliphatic heterocycles. The van der Waals surface area contributed by atoms with Gasteiger partial charge in [-0.05, 0) is 35.0 Å². The minimum Gasteiger partial charge on any atom is -0.503 e. The predicted octanol–water partition coefficient (Wildman–Crippen LogP) is 9.55. The average Bonchev–Trinajstić information content (AvgIpc) is 3.65. The van der Waals surface area contributed by atoms with Crippen LogP contribution in [-0.4, -0.2) is 18.9 Å². The van der Waals surface area contributed by atoms with Gasteiger partial charge in [-0.3, -0.25) is 4.98 Å². The molecule has 0 saturated carbocycles. The second-order valence-electron chi connectivity index (χ2n) is 11.1. The van der Waals surface area contributed by atoms with E-state index in [0.29, 0.717) is 11.5 Å². The summed E-state index contributed by atoms with van der Waals surface area (Å²) < 4.78 is 10.8. The molecule has 0 spiro atoms. The Bertz CT molecular complexity index is 2590. The van der Waals surface area contributed by atoms with Gasteiger partial charge in [0.15, 0.2) is 0 Å². The standard InChI is InChI=1S/C40H24N4O.Pt.2Y/c1-25-10-9-11-26(2)39(25)37-24-42-40-33-22-27(17-19-29(33)30-12-3-6-15-35(30)44(37)40)45-28-18-20-32-31-13-4-5-14-34(31)43(36(32)23-28)38-16-7-8-21-41-38;;;/h3-21,24H,1-2H2;;;/q-4;+2;;. The summed E-state index contributed by atoms with van der Waals surface area (Å²) in [6.07, 6.45) is 3.71. The smallest absolute Gasteiger partial charge is 0.503 e. The fourth-order valence-electron chi connectivity index (χ4n) is 6.54. The molecule has 0 saturated heterocycles. The molecule has 48 heavy (non-hydrogen) atoms. The SMILES string of the molecule is [CH2-]c1cccc([CH2-])c1-c1cnc2c3[c-]c(Oc4[c-]c5c(cc4)c4ccccc4n5-c4ccccn4)ccc3c3ccccc3n12.[Pt+2].[Y].[Y]. The van der Waals surface area contributed by atoms with E-state index in [4.69, 9.17) is 9.72 Å². The van der Waals surface area contributed by atoms with E-state index >= 15 is 0 Å². The molecule has 0 bridgehead atoms. The van der Waals surface area contributed by atoms with Crippen molar-refractivity contribution in [2.24, 2.45) is 0 Å². The number of para-hydroxylation sites is 2. The molecule has 0 aliphatic rings. The molecule has 4 heterocycles. The fourth-order valence-corrected chi connectivity index (χ4v) is 6.54. The maximum absolute atomic E-state index is 6.47. The van der Waals surface area contributed by atoms with E-state index in [9.17, 15) is 0 Å². The van der Waals surface area contributed by atoms with Crippen LogP contribution < -0.4 is 4.74 Å². The predicted molar refractivity (Wildman–Crippen MR) is 181 cm³/mol. The zero-order valence-corrected chi connectivity index (χ0v) is 33.6. The van der Waals surface area contributed by atoms with Gasteiger partial charge in [0.2, 0.25) is 0 Å².